The Kier molecular flexibility index (Phi) is 17.9. The summed E-state index contributed by atoms with van der Waals surface area (Å²) in [6.07, 6.45) is 5.23. The summed E-state index contributed by atoms with van der Waals surface area (Å²) in [6, 6.07) is 2.86. The van der Waals surface area contributed by atoms with E-state index in [-0.39, 0.29) is 64.2 Å². The minimum atomic E-state index is -1.40. The Hall–Kier alpha value is -6.57. The molecule has 4 aliphatic rings. The number of aliphatic hydroxyl groups is 6. The highest BCUT2D eigenvalue weighted by molar-refractivity contribution is 5.97. The maximum Gasteiger partial charge on any atom is 0.267 e. The third kappa shape index (κ3) is 13.0. The number of nitrogens with one attached hydrogen (secondary N) is 2. The van der Waals surface area contributed by atoms with Gasteiger partial charge in [-0.3, -0.25) is 38.2 Å². The average Bonchev–Trinajstić information content (AvgIpc) is 3.95. The van der Waals surface area contributed by atoms with Gasteiger partial charge in [-0.15, -0.1) is 5.10 Å². The SMILES string of the molecule is Cc1cn(CCCCCC(=O)NCC23CC4(CNC(=O)c5c([O-])c(=O)ccn5CC(O)CO)C[C@](CCC(=O)c5c([O-])c(=O)ccn5CC(O)CO)(C2)C[C@](CCC(=O)c2c([O-])c(=O)ccn2CC(O)CO)(C3)C4)nn1. The molecule has 24 nitrogen and oxygen atoms in total. The summed E-state index contributed by atoms with van der Waals surface area (Å²) in [5.41, 5.74) is -7.10. The summed E-state index contributed by atoms with van der Waals surface area (Å²) in [5.74, 6) is -5.98. The molecule has 24 heteroatoms. The standard InChI is InChI=1S/C52H70N8O16/c1-32-17-60(56-55-32)13-4-2-3-5-41(72)53-30-51-25-49(11-6-36(67)42-45(73)38(69)8-14-57(42)18-33(64)21-61)24-50(26-51,12-7-37(68)43-46(74)39(70)9-15-58(43)19-34(65)22-62)28-52(27-49,29-51)31-54-48(76)44-47(75)40(71)10-16-59(44)20-35(66)23-63/h8-10,14-17,33-35,61-66,73-75H,2-7,11-13,18-31H2,1H3,(H,53,72)(H,54,76)/p-3/t33?,34?,35?,49-,50+,51?,52?. The molecule has 7 atom stereocenters. The fraction of sp³-hybridized carbons (Fsp3) is 0.596. The number of aryl methyl sites for hydroxylation is 2. The Bertz CT molecular complexity index is 2700. The summed E-state index contributed by atoms with van der Waals surface area (Å²) < 4.78 is 5.06. The number of Topliss-reactive ketones (excluding diaryl/α,β-unsaturated/α-hetero) is 2. The van der Waals surface area contributed by atoms with Gasteiger partial charge in [0.05, 0.1) is 74.8 Å². The second-order valence-corrected chi connectivity index (χ2v) is 21.8. The maximum absolute atomic E-state index is 14.4. The van der Waals surface area contributed by atoms with Crippen molar-refractivity contribution in [3.05, 3.63) is 96.4 Å². The molecule has 2 amide bonds. The normalized spacial score (nSPS) is 22.8. The molecule has 4 bridgehead atoms. The fourth-order valence-corrected chi connectivity index (χ4v) is 13.2. The van der Waals surface area contributed by atoms with Crippen LogP contribution in [0.25, 0.3) is 0 Å². The van der Waals surface area contributed by atoms with Gasteiger partial charge in [0, 0.05) is 81.9 Å². The first kappa shape index (κ1) is 57.1. The van der Waals surface area contributed by atoms with Gasteiger partial charge in [-0.2, -0.15) is 0 Å². The summed E-state index contributed by atoms with van der Waals surface area (Å²) >= 11 is 0. The molecule has 0 aliphatic heterocycles. The zero-order valence-corrected chi connectivity index (χ0v) is 42.5. The van der Waals surface area contributed by atoms with Crippen molar-refractivity contribution in [2.45, 2.75) is 141 Å². The number of nitrogens with zero attached hydrogens (tertiary/aromatic N) is 6. The van der Waals surface area contributed by atoms with Crippen LogP contribution in [0.4, 0.5) is 0 Å². The quantitative estimate of drug-likeness (QED) is 0.0228. The Morgan fingerprint density at radius 2 is 1.00 bits per heavy atom. The summed E-state index contributed by atoms with van der Waals surface area (Å²) in [6.45, 7) is -0.821. The molecule has 4 heterocycles. The van der Waals surface area contributed by atoms with Gasteiger partial charge in [-0.05, 0) is 110 Å². The molecule has 4 aromatic heterocycles. The van der Waals surface area contributed by atoms with E-state index in [2.05, 4.69) is 20.9 Å². The van der Waals surface area contributed by atoms with E-state index in [1.165, 1.54) is 12.4 Å². The molecule has 8 N–H and O–H groups in total. The van der Waals surface area contributed by atoms with Crippen LogP contribution in [0.15, 0.2) is 57.4 Å². The van der Waals surface area contributed by atoms with E-state index in [4.69, 9.17) is 0 Å². The molecule has 8 rings (SSSR count). The van der Waals surface area contributed by atoms with E-state index in [0.29, 0.717) is 57.9 Å². The van der Waals surface area contributed by atoms with Gasteiger partial charge in [0.2, 0.25) is 5.91 Å². The zero-order valence-electron chi connectivity index (χ0n) is 42.5. The van der Waals surface area contributed by atoms with Gasteiger partial charge in [0.15, 0.2) is 27.9 Å². The minimum Gasteiger partial charge on any atom is -0.868 e. The molecule has 0 saturated heterocycles. The van der Waals surface area contributed by atoms with Crippen LogP contribution >= 0.6 is 0 Å². The van der Waals surface area contributed by atoms with Crippen molar-refractivity contribution in [1.82, 2.24) is 39.3 Å². The number of unbranched alkanes of at least 4 members (excludes halogenated alkanes) is 2. The zero-order chi connectivity index (χ0) is 55.2. The van der Waals surface area contributed by atoms with Crippen LogP contribution in [-0.4, -0.2) is 134 Å². The van der Waals surface area contributed by atoms with E-state index in [0.717, 1.165) is 50.2 Å². The van der Waals surface area contributed by atoms with E-state index in [1.54, 1.807) is 4.68 Å². The minimum absolute atomic E-state index is 0.0905. The molecular weight excluding hydrogens is 993 g/mol. The maximum atomic E-state index is 14.4. The second-order valence-electron chi connectivity index (χ2n) is 21.8. The third-order valence-electron chi connectivity index (χ3n) is 15.5. The summed E-state index contributed by atoms with van der Waals surface area (Å²) in [4.78, 5) is 94.8. The van der Waals surface area contributed by atoms with Crippen LogP contribution in [0.1, 0.15) is 127 Å². The monoisotopic (exact) mass is 1060 g/mol. The first-order chi connectivity index (χ1) is 36.1. The lowest BCUT2D eigenvalue weighted by atomic mass is 9.34. The van der Waals surface area contributed by atoms with Crippen molar-refractivity contribution in [2.75, 3.05) is 32.9 Å². The lowest BCUT2D eigenvalue weighted by Crippen LogP contribution is -2.65. The van der Waals surface area contributed by atoms with Crippen molar-refractivity contribution in [3.63, 3.8) is 0 Å². The van der Waals surface area contributed by atoms with Gasteiger partial charge >= 0.3 is 0 Å². The smallest absolute Gasteiger partial charge is 0.267 e. The van der Waals surface area contributed by atoms with Crippen molar-refractivity contribution >= 4 is 23.4 Å². The van der Waals surface area contributed by atoms with Crippen molar-refractivity contribution in [1.29, 1.82) is 0 Å². The lowest BCUT2D eigenvalue weighted by Gasteiger charge is -2.71. The summed E-state index contributed by atoms with van der Waals surface area (Å²) in [5, 5.41) is 114. The molecular formula is C52H67N8O16-3. The van der Waals surface area contributed by atoms with Crippen LogP contribution in [0.5, 0.6) is 17.2 Å². The largest absolute Gasteiger partial charge is 0.868 e. The highest BCUT2D eigenvalue weighted by Crippen LogP contribution is 2.75. The topological polar surface area (TPSA) is 380 Å². The molecule has 4 fully saturated rings. The highest BCUT2D eigenvalue weighted by atomic mass is 16.3. The summed E-state index contributed by atoms with van der Waals surface area (Å²) in [7, 11) is 0. The number of pyridine rings is 3. The predicted octanol–water partition coefficient (Wildman–Crippen LogP) is -1.89. The number of aliphatic hydroxyl groups excluding tert-OH is 6. The first-order valence-corrected chi connectivity index (χ1v) is 25.6. The van der Waals surface area contributed by atoms with Gasteiger partial charge < -0.3 is 70.3 Å². The average molecular weight is 1060 g/mol. The molecule has 4 aliphatic carbocycles. The van der Waals surface area contributed by atoms with Crippen LogP contribution in [-0.2, 0) is 31.0 Å². The first-order valence-electron chi connectivity index (χ1n) is 25.6. The Labute approximate surface area is 436 Å². The van der Waals surface area contributed by atoms with E-state index < -0.39 is 134 Å². The predicted molar refractivity (Wildman–Crippen MR) is 263 cm³/mol. The molecule has 0 spiro atoms. The third-order valence-corrected chi connectivity index (χ3v) is 15.5. The Balaban J connectivity index is 1.25. The number of aromatic nitrogens is 6. The molecule has 414 valence electrons. The van der Waals surface area contributed by atoms with Crippen molar-refractivity contribution < 1.29 is 65.1 Å². The number of carbonyl (C=O) groups is 4. The molecule has 4 saturated carbocycles. The molecule has 76 heavy (non-hydrogen) atoms. The lowest BCUT2D eigenvalue weighted by molar-refractivity contribution is -0.271. The molecule has 0 radical (unpaired) electrons. The number of hydrogen-bond donors (Lipinski definition) is 8. The molecule has 0 aromatic carbocycles. The number of carbonyl (C=O) groups excluding carboxylic acids is 4. The highest BCUT2D eigenvalue weighted by Gasteiger charge is 2.67. The van der Waals surface area contributed by atoms with Gasteiger partial charge in [0.1, 0.15) is 5.69 Å². The molecule has 4 aromatic rings. The van der Waals surface area contributed by atoms with E-state index in [1.807, 2.05) is 13.1 Å². The van der Waals surface area contributed by atoms with E-state index >= 15 is 0 Å². The van der Waals surface area contributed by atoms with Gasteiger partial charge in [-0.1, -0.05) is 11.6 Å². The number of ketones is 2. The second kappa shape index (κ2) is 23.8. The van der Waals surface area contributed by atoms with Crippen molar-refractivity contribution in [2.24, 2.45) is 21.7 Å². The Morgan fingerprint density at radius 1 is 0.592 bits per heavy atom. The fourth-order valence-electron chi connectivity index (χ4n) is 13.2. The van der Waals surface area contributed by atoms with E-state index in [9.17, 15) is 79.5 Å². The molecule has 5 unspecified atom stereocenters. The van der Waals surface area contributed by atoms with Gasteiger partial charge in [0.25, 0.3) is 5.91 Å². The number of amides is 2. The van der Waals surface area contributed by atoms with Crippen LogP contribution in [0.2, 0.25) is 0 Å². The van der Waals surface area contributed by atoms with Crippen LogP contribution in [0.3, 0.4) is 0 Å². The van der Waals surface area contributed by atoms with Gasteiger partial charge in [-0.25, -0.2) is 0 Å². The van der Waals surface area contributed by atoms with Crippen LogP contribution in [0, 0.1) is 28.6 Å². The number of rotatable bonds is 28. The Morgan fingerprint density at radius 3 is 1.43 bits per heavy atom. The van der Waals surface area contributed by atoms with Crippen LogP contribution < -0.4 is 42.2 Å². The number of hydrogen-bond acceptors (Lipinski definition) is 18. The van der Waals surface area contributed by atoms with Crippen molar-refractivity contribution in [3.8, 4) is 17.2 Å².